The van der Waals surface area contributed by atoms with Crippen LogP contribution in [0.25, 0.3) is 0 Å². The molecular weight excluding hydrogens is 258 g/mol. The summed E-state index contributed by atoms with van der Waals surface area (Å²) in [4.78, 5) is 35.6. The number of carboxylic acids is 1. The maximum absolute atomic E-state index is 11.4. The van der Waals surface area contributed by atoms with E-state index in [0.29, 0.717) is 4.90 Å². The standard InChI is InChI=1S/C10H7N3O4S/c14-7-8(12-13-10(17)11-7)18-6-4-2-1-3-5(6)9(15)16/h1-4H,(H,15,16)(H2,11,13,14,17). The van der Waals surface area contributed by atoms with Gasteiger partial charge in [-0.3, -0.25) is 9.78 Å². The van der Waals surface area contributed by atoms with Gasteiger partial charge in [-0.05, 0) is 12.1 Å². The summed E-state index contributed by atoms with van der Waals surface area (Å²) in [5.41, 5.74) is -1.31. The van der Waals surface area contributed by atoms with E-state index in [2.05, 4.69) is 10.2 Å². The number of aromatic nitrogens is 3. The first-order chi connectivity index (χ1) is 8.58. The van der Waals surface area contributed by atoms with Crippen molar-refractivity contribution in [2.24, 2.45) is 0 Å². The Balaban J connectivity index is 2.43. The molecule has 92 valence electrons. The third kappa shape index (κ3) is 2.48. The minimum absolute atomic E-state index is 0.0247. The summed E-state index contributed by atoms with van der Waals surface area (Å²) in [6, 6.07) is 6.21. The van der Waals surface area contributed by atoms with Crippen LogP contribution in [0.3, 0.4) is 0 Å². The predicted molar refractivity (Wildman–Crippen MR) is 63.0 cm³/mol. The quantitative estimate of drug-likeness (QED) is 0.735. The normalized spacial score (nSPS) is 10.2. The lowest BCUT2D eigenvalue weighted by Crippen LogP contribution is -2.25. The number of H-pyrrole nitrogens is 2. The summed E-state index contributed by atoms with van der Waals surface area (Å²) in [5, 5.41) is 14.6. The van der Waals surface area contributed by atoms with Crippen molar-refractivity contribution < 1.29 is 9.90 Å². The Labute approximate surface area is 104 Å². The van der Waals surface area contributed by atoms with Gasteiger partial charge in [-0.2, -0.15) is 5.10 Å². The lowest BCUT2D eigenvalue weighted by Gasteiger charge is -2.03. The maximum Gasteiger partial charge on any atom is 0.342 e. The molecular formula is C10H7N3O4S. The molecule has 0 saturated heterocycles. The SMILES string of the molecule is O=C(O)c1ccccc1Sc1n[nH]c(=O)[nH]c1=O. The van der Waals surface area contributed by atoms with Gasteiger partial charge in [0.25, 0.3) is 5.56 Å². The molecule has 1 aromatic heterocycles. The summed E-state index contributed by atoms with van der Waals surface area (Å²) in [6.07, 6.45) is 0. The number of hydrogen-bond donors (Lipinski definition) is 3. The number of benzene rings is 1. The van der Waals surface area contributed by atoms with Crippen LogP contribution in [0.4, 0.5) is 0 Å². The van der Waals surface area contributed by atoms with E-state index in [9.17, 15) is 14.4 Å². The van der Waals surface area contributed by atoms with Crippen molar-refractivity contribution in [2.45, 2.75) is 9.92 Å². The second-order valence-electron chi connectivity index (χ2n) is 3.22. The molecule has 0 aliphatic rings. The topological polar surface area (TPSA) is 116 Å². The average Bonchev–Trinajstić information content (AvgIpc) is 2.33. The Kier molecular flexibility index (Phi) is 3.28. The molecule has 0 aliphatic carbocycles. The Hall–Kier alpha value is -2.35. The van der Waals surface area contributed by atoms with Crippen molar-refractivity contribution in [3.05, 3.63) is 50.7 Å². The zero-order valence-corrected chi connectivity index (χ0v) is 9.65. The second kappa shape index (κ2) is 4.88. The summed E-state index contributed by atoms with van der Waals surface area (Å²) in [5.74, 6) is -1.10. The van der Waals surface area contributed by atoms with Crippen LogP contribution in [-0.2, 0) is 0 Å². The van der Waals surface area contributed by atoms with Crippen LogP contribution in [0.5, 0.6) is 0 Å². The molecule has 18 heavy (non-hydrogen) atoms. The van der Waals surface area contributed by atoms with Crippen LogP contribution in [0.2, 0.25) is 0 Å². The number of nitrogens with one attached hydrogen (secondary N) is 2. The van der Waals surface area contributed by atoms with Gasteiger partial charge >= 0.3 is 11.7 Å². The second-order valence-corrected chi connectivity index (χ2v) is 4.25. The van der Waals surface area contributed by atoms with Crippen LogP contribution >= 0.6 is 11.8 Å². The number of aromatic amines is 2. The number of hydrogen-bond acceptors (Lipinski definition) is 5. The van der Waals surface area contributed by atoms with Crippen LogP contribution in [-0.4, -0.2) is 26.3 Å². The van der Waals surface area contributed by atoms with Crippen molar-refractivity contribution in [3.63, 3.8) is 0 Å². The lowest BCUT2D eigenvalue weighted by molar-refractivity contribution is 0.0693. The average molecular weight is 265 g/mol. The van der Waals surface area contributed by atoms with Gasteiger partial charge < -0.3 is 5.11 Å². The largest absolute Gasteiger partial charge is 0.478 e. The number of carbonyl (C=O) groups is 1. The van der Waals surface area contributed by atoms with Gasteiger partial charge in [0.1, 0.15) is 0 Å². The zero-order chi connectivity index (χ0) is 13.1. The van der Waals surface area contributed by atoms with Crippen molar-refractivity contribution in [1.29, 1.82) is 0 Å². The molecule has 0 aliphatic heterocycles. The third-order valence-corrected chi connectivity index (χ3v) is 3.05. The van der Waals surface area contributed by atoms with Crippen LogP contribution in [0.15, 0.2) is 43.8 Å². The Morgan fingerprint density at radius 1 is 1.28 bits per heavy atom. The van der Waals surface area contributed by atoms with Crippen molar-refractivity contribution in [2.75, 3.05) is 0 Å². The molecule has 0 radical (unpaired) electrons. The van der Waals surface area contributed by atoms with Crippen molar-refractivity contribution in [3.8, 4) is 0 Å². The highest BCUT2D eigenvalue weighted by molar-refractivity contribution is 7.99. The zero-order valence-electron chi connectivity index (χ0n) is 8.84. The summed E-state index contributed by atoms with van der Waals surface area (Å²) < 4.78 is 0. The number of rotatable bonds is 3. The smallest absolute Gasteiger partial charge is 0.342 e. The monoisotopic (exact) mass is 265 g/mol. The van der Waals surface area contributed by atoms with Crippen LogP contribution in [0, 0.1) is 0 Å². The molecule has 0 atom stereocenters. The highest BCUT2D eigenvalue weighted by Gasteiger charge is 2.12. The van der Waals surface area contributed by atoms with E-state index in [1.807, 2.05) is 4.98 Å². The molecule has 8 heteroatoms. The van der Waals surface area contributed by atoms with Gasteiger partial charge in [0.15, 0.2) is 5.03 Å². The fourth-order valence-electron chi connectivity index (χ4n) is 1.24. The molecule has 0 fully saturated rings. The first kappa shape index (κ1) is 12.1. The number of carboxylic acid groups (broad SMARTS) is 1. The number of nitrogens with zero attached hydrogens (tertiary/aromatic N) is 1. The van der Waals surface area contributed by atoms with E-state index in [1.165, 1.54) is 6.07 Å². The molecule has 2 rings (SSSR count). The van der Waals surface area contributed by atoms with E-state index in [0.717, 1.165) is 11.8 Å². The highest BCUT2D eigenvalue weighted by Crippen LogP contribution is 2.26. The summed E-state index contributed by atoms with van der Waals surface area (Å²) in [6.45, 7) is 0. The molecule has 1 heterocycles. The first-order valence-corrected chi connectivity index (χ1v) is 5.59. The van der Waals surface area contributed by atoms with Crippen molar-refractivity contribution >= 4 is 17.7 Å². The van der Waals surface area contributed by atoms with E-state index in [4.69, 9.17) is 5.11 Å². The van der Waals surface area contributed by atoms with E-state index >= 15 is 0 Å². The Bertz CT molecular complexity index is 707. The summed E-state index contributed by atoms with van der Waals surface area (Å²) >= 11 is 0.872. The minimum Gasteiger partial charge on any atom is -0.478 e. The first-order valence-electron chi connectivity index (χ1n) is 4.77. The Morgan fingerprint density at radius 2 is 2.00 bits per heavy atom. The van der Waals surface area contributed by atoms with Gasteiger partial charge in [0, 0.05) is 4.90 Å². The molecule has 2 aromatic rings. The molecule has 0 saturated carbocycles. The van der Waals surface area contributed by atoms with Gasteiger partial charge in [-0.1, -0.05) is 23.9 Å². The van der Waals surface area contributed by atoms with Gasteiger partial charge in [0.2, 0.25) is 0 Å². The minimum atomic E-state index is -1.10. The van der Waals surface area contributed by atoms with Gasteiger partial charge in [0.05, 0.1) is 5.56 Å². The van der Waals surface area contributed by atoms with Crippen molar-refractivity contribution in [1.82, 2.24) is 15.2 Å². The van der Waals surface area contributed by atoms with E-state index < -0.39 is 17.2 Å². The van der Waals surface area contributed by atoms with Gasteiger partial charge in [-0.15, -0.1) is 0 Å². The highest BCUT2D eigenvalue weighted by atomic mass is 32.2. The molecule has 3 N–H and O–H groups in total. The van der Waals surface area contributed by atoms with E-state index in [1.54, 1.807) is 18.2 Å². The third-order valence-electron chi connectivity index (χ3n) is 2.00. The lowest BCUT2D eigenvalue weighted by atomic mass is 10.2. The van der Waals surface area contributed by atoms with Crippen LogP contribution < -0.4 is 11.2 Å². The molecule has 0 bridgehead atoms. The summed E-state index contributed by atoms with van der Waals surface area (Å²) in [7, 11) is 0. The number of aromatic carboxylic acids is 1. The molecule has 7 nitrogen and oxygen atoms in total. The Morgan fingerprint density at radius 3 is 2.67 bits per heavy atom. The fraction of sp³-hybridized carbons (Fsp3) is 0. The molecule has 0 unspecified atom stereocenters. The van der Waals surface area contributed by atoms with Crippen LogP contribution in [0.1, 0.15) is 10.4 Å². The fourth-order valence-corrected chi connectivity index (χ4v) is 2.10. The maximum atomic E-state index is 11.4. The van der Waals surface area contributed by atoms with E-state index in [-0.39, 0.29) is 10.6 Å². The molecule has 0 spiro atoms. The molecule has 0 amide bonds. The van der Waals surface area contributed by atoms with Gasteiger partial charge in [-0.25, -0.2) is 14.7 Å². The predicted octanol–water partition coefficient (Wildman–Crippen LogP) is 0.308. The molecule has 1 aromatic carbocycles.